The Balaban J connectivity index is 1.78. The van der Waals surface area contributed by atoms with Crippen molar-refractivity contribution in [1.82, 2.24) is 9.47 Å². The Morgan fingerprint density at radius 2 is 1.94 bits per heavy atom. The molecule has 2 fully saturated rings. The number of amides is 1. The van der Waals surface area contributed by atoms with Gasteiger partial charge in [-0.1, -0.05) is 53.8 Å². The van der Waals surface area contributed by atoms with Gasteiger partial charge in [0.05, 0.1) is 11.4 Å². The van der Waals surface area contributed by atoms with Gasteiger partial charge in [-0.3, -0.25) is 19.1 Å². The van der Waals surface area contributed by atoms with Gasteiger partial charge in [-0.15, -0.1) is 0 Å². The quantitative estimate of drug-likeness (QED) is 0.446. The fourth-order valence-electron chi connectivity index (χ4n) is 3.93. The van der Waals surface area contributed by atoms with Crippen molar-refractivity contribution in [2.75, 3.05) is 29.5 Å². The van der Waals surface area contributed by atoms with Crippen LogP contribution in [-0.2, 0) is 18.4 Å². The molecule has 0 spiro atoms. The average Bonchev–Trinajstić information content (AvgIpc) is 3.07. The summed E-state index contributed by atoms with van der Waals surface area (Å²) < 4.78 is 1.97. The summed E-state index contributed by atoms with van der Waals surface area (Å²) in [6.45, 7) is 3.63. The van der Waals surface area contributed by atoms with Crippen molar-refractivity contribution in [1.29, 1.82) is 5.26 Å². The van der Waals surface area contributed by atoms with Crippen LogP contribution in [0.1, 0.15) is 22.3 Å². The number of anilines is 1. The van der Waals surface area contributed by atoms with Gasteiger partial charge in [0.25, 0.3) is 11.5 Å². The second-order valence-corrected chi connectivity index (χ2v) is 11.0. The van der Waals surface area contributed by atoms with Crippen molar-refractivity contribution in [2.45, 2.75) is 13.5 Å². The number of hydrogen-bond donors (Lipinski definition) is 0. The maximum atomic E-state index is 13.3. The summed E-state index contributed by atoms with van der Waals surface area (Å²) in [7, 11) is 1.68. The van der Waals surface area contributed by atoms with E-state index in [2.05, 4.69) is 4.90 Å². The number of aromatic nitrogens is 1. The van der Waals surface area contributed by atoms with Crippen LogP contribution in [-0.4, -0.2) is 44.3 Å². The van der Waals surface area contributed by atoms with Crippen LogP contribution in [0.2, 0.25) is 5.02 Å². The molecule has 0 atom stereocenters. The third kappa shape index (κ3) is 4.58. The number of carbonyl (C=O) groups is 1. The molecular formula is C23H21ClN4O2S3. The molecular weight excluding hydrogens is 496 g/mol. The first-order valence-electron chi connectivity index (χ1n) is 10.3. The van der Waals surface area contributed by atoms with E-state index >= 15 is 0 Å². The number of pyridine rings is 1. The number of nitrogens with zero attached hydrogens (tertiary/aromatic N) is 4. The van der Waals surface area contributed by atoms with E-state index < -0.39 is 0 Å². The van der Waals surface area contributed by atoms with E-state index in [0.29, 0.717) is 25.4 Å². The first-order chi connectivity index (χ1) is 15.8. The summed E-state index contributed by atoms with van der Waals surface area (Å²) in [4.78, 5) is 30.3. The predicted octanol–water partition coefficient (Wildman–Crippen LogP) is 4.17. The second kappa shape index (κ2) is 9.94. The minimum atomic E-state index is -0.327. The molecule has 33 heavy (non-hydrogen) atoms. The first-order valence-corrected chi connectivity index (χ1v) is 13.0. The molecule has 0 saturated carbocycles. The normalized spacial score (nSPS) is 17.7. The lowest BCUT2D eigenvalue weighted by Gasteiger charge is -2.32. The number of rotatable bonds is 4. The van der Waals surface area contributed by atoms with E-state index in [4.69, 9.17) is 23.8 Å². The molecule has 2 aromatic rings. The lowest BCUT2D eigenvalue weighted by atomic mass is 10.0. The third-order valence-corrected chi connectivity index (χ3v) is 8.40. The van der Waals surface area contributed by atoms with Gasteiger partial charge < -0.3 is 4.90 Å². The molecule has 0 bridgehead atoms. The standard InChI is InChI=1S/C23H21ClN4O2S3/c1-14-16(20(27-7-9-32-10-8-27)26(2)21(29)17(14)12-25)11-19-22(30)28(23(31)33-19)13-15-5-3-4-6-18(15)24/h3-6,11H,7-10,13H2,1-2H3. The van der Waals surface area contributed by atoms with Gasteiger partial charge in [0.1, 0.15) is 21.8 Å². The largest absolute Gasteiger partial charge is 0.356 e. The minimum absolute atomic E-state index is 0.0884. The maximum absolute atomic E-state index is 13.3. The van der Waals surface area contributed by atoms with Crippen LogP contribution < -0.4 is 10.5 Å². The zero-order valence-corrected chi connectivity index (χ0v) is 21.3. The van der Waals surface area contributed by atoms with Gasteiger partial charge in [-0.05, 0) is 30.2 Å². The zero-order chi connectivity index (χ0) is 23.7. The Morgan fingerprint density at radius 3 is 2.61 bits per heavy atom. The Hall–Kier alpha value is -2.25. The molecule has 2 aliphatic heterocycles. The molecule has 2 saturated heterocycles. The van der Waals surface area contributed by atoms with Crippen molar-refractivity contribution >= 4 is 69.5 Å². The molecule has 1 aromatic carbocycles. The molecule has 10 heteroatoms. The summed E-state index contributed by atoms with van der Waals surface area (Å²) in [6.07, 6.45) is 1.78. The molecule has 170 valence electrons. The smallest absolute Gasteiger partial charge is 0.270 e. The van der Waals surface area contributed by atoms with Crippen LogP contribution in [0.3, 0.4) is 0 Å². The van der Waals surface area contributed by atoms with Crippen LogP contribution in [0.15, 0.2) is 34.0 Å². The number of halogens is 1. The van der Waals surface area contributed by atoms with Crippen LogP contribution in [0, 0.1) is 18.3 Å². The fraction of sp³-hybridized carbons (Fsp3) is 0.304. The summed E-state index contributed by atoms with van der Waals surface area (Å²) in [5.41, 5.74) is 1.86. The molecule has 3 heterocycles. The van der Waals surface area contributed by atoms with E-state index in [1.165, 1.54) is 21.2 Å². The van der Waals surface area contributed by atoms with Crippen LogP contribution in [0.25, 0.3) is 6.08 Å². The molecule has 4 rings (SSSR count). The van der Waals surface area contributed by atoms with Gasteiger partial charge in [-0.2, -0.15) is 17.0 Å². The Kier molecular flexibility index (Phi) is 7.19. The molecule has 1 aromatic heterocycles. The molecule has 0 aliphatic carbocycles. The first kappa shape index (κ1) is 23.9. The number of benzene rings is 1. The van der Waals surface area contributed by atoms with Crippen LogP contribution in [0.5, 0.6) is 0 Å². The summed E-state index contributed by atoms with van der Waals surface area (Å²) in [5.74, 6) is 2.42. The third-order valence-electron chi connectivity index (χ3n) is 5.71. The molecule has 2 aliphatic rings. The van der Waals surface area contributed by atoms with Crippen molar-refractivity contribution in [2.24, 2.45) is 7.05 Å². The van der Waals surface area contributed by atoms with Crippen LogP contribution >= 0.6 is 47.3 Å². The molecule has 6 nitrogen and oxygen atoms in total. The highest BCUT2D eigenvalue weighted by molar-refractivity contribution is 8.26. The number of carbonyl (C=O) groups excluding carboxylic acids is 1. The highest BCUT2D eigenvalue weighted by Crippen LogP contribution is 2.37. The van der Waals surface area contributed by atoms with E-state index in [1.807, 2.05) is 36.0 Å². The molecule has 0 N–H and O–H groups in total. The van der Waals surface area contributed by atoms with E-state index in [-0.39, 0.29) is 23.6 Å². The second-order valence-electron chi connectivity index (χ2n) is 7.67. The maximum Gasteiger partial charge on any atom is 0.270 e. The van der Waals surface area contributed by atoms with Crippen LogP contribution in [0.4, 0.5) is 5.82 Å². The number of hydrogen-bond acceptors (Lipinski definition) is 7. The van der Waals surface area contributed by atoms with Crippen molar-refractivity contribution in [3.63, 3.8) is 0 Å². The Bertz CT molecular complexity index is 1280. The lowest BCUT2D eigenvalue weighted by molar-refractivity contribution is -0.122. The number of thiocarbonyl (C=S) groups is 1. The Labute approximate surface area is 211 Å². The number of nitriles is 1. The van der Waals surface area contributed by atoms with E-state index in [1.54, 1.807) is 26.1 Å². The predicted molar refractivity (Wildman–Crippen MR) is 141 cm³/mol. The monoisotopic (exact) mass is 516 g/mol. The average molecular weight is 517 g/mol. The van der Waals surface area contributed by atoms with Gasteiger partial charge in [0.2, 0.25) is 0 Å². The summed E-state index contributed by atoms with van der Waals surface area (Å²) in [6, 6.07) is 9.40. The molecule has 0 radical (unpaired) electrons. The van der Waals surface area contributed by atoms with Crippen molar-refractivity contribution in [3.05, 3.63) is 66.8 Å². The van der Waals surface area contributed by atoms with E-state index in [0.717, 1.165) is 36.0 Å². The summed E-state index contributed by atoms with van der Waals surface area (Å²) in [5, 5.41) is 10.2. The topological polar surface area (TPSA) is 69.3 Å². The highest BCUT2D eigenvalue weighted by atomic mass is 35.5. The molecule has 1 amide bonds. The zero-order valence-electron chi connectivity index (χ0n) is 18.1. The summed E-state index contributed by atoms with van der Waals surface area (Å²) >= 11 is 14.9. The van der Waals surface area contributed by atoms with Gasteiger partial charge >= 0.3 is 0 Å². The van der Waals surface area contributed by atoms with Gasteiger partial charge in [0, 0.05) is 42.2 Å². The van der Waals surface area contributed by atoms with Crippen molar-refractivity contribution < 1.29 is 4.79 Å². The van der Waals surface area contributed by atoms with Gasteiger partial charge in [0.15, 0.2) is 0 Å². The fourth-order valence-corrected chi connectivity index (χ4v) is 6.27. The Morgan fingerprint density at radius 1 is 1.24 bits per heavy atom. The SMILES string of the molecule is Cc1c(C=C2SC(=S)N(Cc3ccccc3Cl)C2=O)c(N2CCSCC2)n(C)c(=O)c1C#N. The molecule has 0 unspecified atom stereocenters. The van der Waals surface area contributed by atoms with E-state index in [9.17, 15) is 14.9 Å². The number of thioether (sulfide) groups is 2. The lowest BCUT2D eigenvalue weighted by Crippen LogP contribution is -2.38. The van der Waals surface area contributed by atoms with Gasteiger partial charge in [-0.25, -0.2) is 0 Å². The highest BCUT2D eigenvalue weighted by Gasteiger charge is 2.33. The minimum Gasteiger partial charge on any atom is -0.356 e. The van der Waals surface area contributed by atoms with Crippen molar-refractivity contribution in [3.8, 4) is 6.07 Å².